The lowest BCUT2D eigenvalue weighted by Gasteiger charge is -2.25. The molecule has 0 radical (unpaired) electrons. The molecule has 5 nitrogen and oxygen atoms in total. The van der Waals surface area contributed by atoms with Crippen LogP contribution < -0.4 is 14.8 Å². The monoisotopic (exact) mass is 284 g/mol. The summed E-state index contributed by atoms with van der Waals surface area (Å²) < 4.78 is 31.7. The zero-order valence-corrected chi connectivity index (χ0v) is 11.9. The summed E-state index contributed by atoms with van der Waals surface area (Å²) in [5, 5.41) is -0.241. The van der Waals surface area contributed by atoms with Crippen molar-refractivity contribution in [1.82, 2.24) is 0 Å². The summed E-state index contributed by atoms with van der Waals surface area (Å²) in [6.45, 7) is 0.863. The van der Waals surface area contributed by atoms with Crippen molar-refractivity contribution in [3.05, 3.63) is 24.3 Å². The molecule has 0 aromatic heterocycles. The molecule has 1 aliphatic rings. The number of nitrogens with zero attached hydrogens (tertiary/aromatic N) is 1. The van der Waals surface area contributed by atoms with Crippen LogP contribution in [0.15, 0.2) is 24.3 Å². The van der Waals surface area contributed by atoms with E-state index in [-0.39, 0.29) is 5.25 Å². The molecule has 1 aromatic rings. The zero-order chi connectivity index (χ0) is 13.9. The molecule has 0 atom stereocenters. The fourth-order valence-electron chi connectivity index (χ4n) is 2.00. The molecule has 6 heteroatoms. The van der Waals surface area contributed by atoms with E-state index < -0.39 is 10.0 Å². The minimum absolute atomic E-state index is 0.241. The van der Waals surface area contributed by atoms with Crippen molar-refractivity contribution in [2.24, 2.45) is 5.73 Å². The molecule has 2 N–H and O–H groups in total. The second-order valence-electron chi connectivity index (χ2n) is 4.63. The van der Waals surface area contributed by atoms with Gasteiger partial charge in [-0.15, -0.1) is 0 Å². The molecule has 1 aliphatic carbocycles. The predicted molar refractivity (Wildman–Crippen MR) is 76.0 cm³/mol. The number of hydrogen-bond donors (Lipinski definition) is 1. The van der Waals surface area contributed by atoms with Gasteiger partial charge in [-0.1, -0.05) is 12.1 Å². The van der Waals surface area contributed by atoms with Gasteiger partial charge in [0.05, 0.1) is 18.0 Å². The molecule has 106 valence electrons. The van der Waals surface area contributed by atoms with Crippen LogP contribution in [-0.4, -0.2) is 33.9 Å². The Hall–Kier alpha value is -1.27. The number of sulfonamides is 1. The van der Waals surface area contributed by atoms with Crippen molar-refractivity contribution in [2.45, 2.75) is 24.5 Å². The maximum absolute atomic E-state index is 12.5. The number of hydrogen-bond acceptors (Lipinski definition) is 4. The van der Waals surface area contributed by atoms with Gasteiger partial charge in [-0.05, 0) is 37.9 Å². The molecule has 0 spiro atoms. The van der Waals surface area contributed by atoms with Gasteiger partial charge in [0.25, 0.3) is 0 Å². The number of rotatable bonds is 7. The minimum atomic E-state index is -3.29. The zero-order valence-electron chi connectivity index (χ0n) is 11.1. The van der Waals surface area contributed by atoms with E-state index in [4.69, 9.17) is 10.5 Å². The third kappa shape index (κ3) is 3.01. The molecule has 1 fully saturated rings. The number of benzene rings is 1. The highest BCUT2D eigenvalue weighted by Gasteiger charge is 2.40. The minimum Gasteiger partial charge on any atom is -0.495 e. The van der Waals surface area contributed by atoms with Crippen molar-refractivity contribution in [2.75, 3.05) is 24.5 Å². The standard InChI is InChI=1S/C13H20N2O3S/c1-18-13-6-3-2-5-12(13)15(10-4-9-14)19(16,17)11-7-8-11/h2-3,5-6,11H,4,7-10,14H2,1H3. The summed E-state index contributed by atoms with van der Waals surface area (Å²) in [6.07, 6.45) is 2.12. The van der Waals surface area contributed by atoms with Crippen LogP contribution >= 0.6 is 0 Å². The first-order valence-electron chi connectivity index (χ1n) is 6.46. The van der Waals surface area contributed by atoms with Gasteiger partial charge in [-0.3, -0.25) is 4.31 Å². The molecule has 0 aliphatic heterocycles. The Morgan fingerprint density at radius 3 is 2.63 bits per heavy atom. The van der Waals surface area contributed by atoms with Crippen molar-refractivity contribution >= 4 is 15.7 Å². The molecule has 2 rings (SSSR count). The van der Waals surface area contributed by atoms with E-state index in [1.54, 1.807) is 19.2 Å². The van der Waals surface area contributed by atoms with E-state index in [9.17, 15) is 8.42 Å². The van der Waals surface area contributed by atoms with Gasteiger partial charge in [-0.25, -0.2) is 8.42 Å². The first-order valence-corrected chi connectivity index (χ1v) is 7.96. The Morgan fingerprint density at radius 1 is 1.37 bits per heavy atom. The maximum Gasteiger partial charge on any atom is 0.238 e. The Bertz CT molecular complexity index is 526. The van der Waals surface area contributed by atoms with Crippen LogP contribution in [0.3, 0.4) is 0 Å². The van der Waals surface area contributed by atoms with E-state index in [1.165, 1.54) is 4.31 Å². The van der Waals surface area contributed by atoms with Crippen LogP contribution in [0, 0.1) is 0 Å². The van der Waals surface area contributed by atoms with E-state index in [0.29, 0.717) is 30.9 Å². The number of ether oxygens (including phenoxy) is 1. The Balaban J connectivity index is 2.36. The van der Waals surface area contributed by atoms with E-state index >= 15 is 0 Å². The van der Waals surface area contributed by atoms with Crippen LogP contribution in [-0.2, 0) is 10.0 Å². The molecular formula is C13H20N2O3S. The summed E-state index contributed by atoms with van der Waals surface area (Å²) in [4.78, 5) is 0. The molecule has 0 saturated heterocycles. The van der Waals surface area contributed by atoms with Gasteiger partial charge in [0, 0.05) is 6.54 Å². The molecule has 1 saturated carbocycles. The highest BCUT2D eigenvalue weighted by Crippen LogP contribution is 2.37. The van der Waals surface area contributed by atoms with Gasteiger partial charge in [-0.2, -0.15) is 0 Å². The second-order valence-corrected chi connectivity index (χ2v) is 6.77. The number of para-hydroxylation sites is 2. The lowest BCUT2D eigenvalue weighted by Crippen LogP contribution is -2.35. The Labute approximate surface area is 114 Å². The van der Waals surface area contributed by atoms with Gasteiger partial charge >= 0.3 is 0 Å². The topological polar surface area (TPSA) is 72.6 Å². The maximum atomic E-state index is 12.5. The number of nitrogens with two attached hydrogens (primary N) is 1. The third-order valence-electron chi connectivity index (χ3n) is 3.17. The van der Waals surface area contributed by atoms with Crippen molar-refractivity contribution in [1.29, 1.82) is 0 Å². The number of anilines is 1. The molecule has 0 amide bonds. The number of methoxy groups -OCH3 is 1. The third-order valence-corrected chi connectivity index (χ3v) is 5.48. The smallest absolute Gasteiger partial charge is 0.238 e. The molecular weight excluding hydrogens is 264 g/mol. The predicted octanol–water partition coefficient (Wildman–Crippen LogP) is 1.34. The fourth-order valence-corrected chi connectivity index (χ4v) is 3.90. The fraction of sp³-hybridized carbons (Fsp3) is 0.538. The van der Waals surface area contributed by atoms with E-state index in [1.807, 2.05) is 12.1 Å². The van der Waals surface area contributed by atoms with Gasteiger partial charge in [0.1, 0.15) is 5.75 Å². The SMILES string of the molecule is COc1ccccc1N(CCCN)S(=O)(=O)C1CC1. The largest absolute Gasteiger partial charge is 0.495 e. The summed E-state index contributed by atoms with van der Waals surface area (Å²) in [5.74, 6) is 0.573. The molecule has 0 heterocycles. The first kappa shape index (κ1) is 14.1. The van der Waals surface area contributed by atoms with E-state index in [2.05, 4.69) is 0 Å². The first-order chi connectivity index (χ1) is 9.11. The van der Waals surface area contributed by atoms with Crippen molar-refractivity contribution in [3.63, 3.8) is 0 Å². The van der Waals surface area contributed by atoms with Gasteiger partial charge in [0.2, 0.25) is 10.0 Å². The average Bonchev–Trinajstić information content (AvgIpc) is 3.24. The summed E-state index contributed by atoms with van der Waals surface area (Å²) in [7, 11) is -1.74. The molecule has 0 unspecified atom stereocenters. The molecule has 19 heavy (non-hydrogen) atoms. The quantitative estimate of drug-likeness (QED) is 0.820. The van der Waals surface area contributed by atoms with E-state index in [0.717, 1.165) is 12.8 Å². The van der Waals surface area contributed by atoms with Crippen molar-refractivity contribution in [3.8, 4) is 5.75 Å². The summed E-state index contributed by atoms with van der Waals surface area (Å²) >= 11 is 0. The van der Waals surface area contributed by atoms with Crippen LogP contribution in [0.25, 0.3) is 0 Å². The second kappa shape index (κ2) is 5.79. The Morgan fingerprint density at radius 2 is 2.05 bits per heavy atom. The van der Waals surface area contributed by atoms with Crippen LogP contribution in [0.1, 0.15) is 19.3 Å². The summed E-state index contributed by atoms with van der Waals surface area (Å²) in [6, 6.07) is 7.19. The lowest BCUT2D eigenvalue weighted by atomic mass is 10.3. The summed E-state index contributed by atoms with van der Waals surface area (Å²) in [5.41, 5.74) is 6.11. The highest BCUT2D eigenvalue weighted by molar-refractivity contribution is 7.93. The molecule has 0 bridgehead atoms. The lowest BCUT2D eigenvalue weighted by molar-refractivity contribution is 0.415. The average molecular weight is 284 g/mol. The highest BCUT2D eigenvalue weighted by atomic mass is 32.2. The van der Waals surface area contributed by atoms with Crippen LogP contribution in [0.4, 0.5) is 5.69 Å². The van der Waals surface area contributed by atoms with Crippen molar-refractivity contribution < 1.29 is 13.2 Å². The van der Waals surface area contributed by atoms with Crippen LogP contribution in [0.2, 0.25) is 0 Å². The van der Waals surface area contributed by atoms with Crippen LogP contribution in [0.5, 0.6) is 5.75 Å². The van der Waals surface area contributed by atoms with Gasteiger partial charge in [0.15, 0.2) is 0 Å². The molecule has 1 aromatic carbocycles. The van der Waals surface area contributed by atoms with Gasteiger partial charge < -0.3 is 10.5 Å². The normalized spacial score (nSPS) is 15.3. The Kier molecular flexibility index (Phi) is 4.31.